The Balaban J connectivity index is 2.09. The normalized spacial score (nSPS) is 20.1. The maximum atomic E-state index is 12.6. The van der Waals surface area contributed by atoms with Crippen LogP contribution in [0.2, 0.25) is 0 Å². The number of hydrogen-bond acceptors (Lipinski definition) is 5. The van der Waals surface area contributed by atoms with E-state index in [0.717, 1.165) is 0 Å². The number of rotatable bonds is 1. The van der Waals surface area contributed by atoms with E-state index in [1.165, 1.54) is 0 Å². The highest BCUT2D eigenvalue weighted by atomic mass is 16.6. The highest BCUT2D eigenvalue weighted by Gasteiger charge is 2.34. The van der Waals surface area contributed by atoms with Crippen LogP contribution in [0, 0.1) is 0 Å². The lowest BCUT2D eigenvalue weighted by Gasteiger charge is -2.38. The van der Waals surface area contributed by atoms with E-state index < -0.39 is 5.60 Å². The third-order valence-corrected chi connectivity index (χ3v) is 4.40. The van der Waals surface area contributed by atoms with Crippen molar-refractivity contribution in [3.63, 3.8) is 0 Å². The molecule has 1 fully saturated rings. The molecule has 24 heavy (non-hydrogen) atoms. The molecule has 1 saturated heterocycles. The summed E-state index contributed by atoms with van der Waals surface area (Å²) in [6.45, 7) is 12.5. The predicted molar refractivity (Wildman–Crippen MR) is 90.5 cm³/mol. The minimum absolute atomic E-state index is 0.0725. The lowest BCUT2D eigenvalue weighted by atomic mass is 9.88. The molecule has 0 aromatic heterocycles. The van der Waals surface area contributed by atoms with E-state index in [2.05, 4.69) is 0 Å². The number of Topliss-reactive ketones (excluding diaryl/α,β-unsaturated/α-hetero) is 2. The predicted octanol–water partition coefficient (Wildman–Crippen LogP) is 2.30. The van der Waals surface area contributed by atoms with Crippen LogP contribution in [-0.4, -0.2) is 59.2 Å². The molecule has 6 heteroatoms. The van der Waals surface area contributed by atoms with E-state index in [1.54, 1.807) is 25.7 Å². The van der Waals surface area contributed by atoms with Gasteiger partial charge < -0.3 is 14.5 Å². The van der Waals surface area contributed by atoms with E-state index in [-0.39, 0.29) is 17.7 Å². The summed E-state index contributed by atoms with van der Waals surface area (Å²) in [6.07, 6.45) is -0.342. The van der Waals surface area contributed by atoms with Gasteiger partial charge in [0.15, 0.2) is 5.78 Å². The lowest BCUT2D eigenvalue weighted by Crippen LogP contribution is -2.51. The van der Waals surface area contributed by atoms with Gasteiger partial charge in [-0.1, -0.05) is 0 Å². The van der Waals surface area contributed by atoms with E-state index >= 15 is 0 Å². The monoisotopic (exact) mass is 334 g/mol. The fourth-order valence-electron chi connectivity index (χ4n) is 2.90. The fourth-order valence-corrected chi connectivity index (χ4v) is 2.90. The number of carbonyl (C=O) groups is 3. The quantitative estimate of drug-likeness (QED) is 0.688. The van der Waals surface area contributed by atoms with Crippen molar-refractivity contribution >= 4 is 17.7 Å². The molecule has 1 amide bonds. The van der Waals surface area contributed by atoms with Gasteiger partial charge in [-0.15, -0.1) is 0 Å². The Kier molecular flexibility index (Phi) is 4.87. The lowest BCUT2D eigenvalue weighted by molar-refractivity contribution is -0.117. The Morgan fingerprint density at radius 1 is 0.875 bits per heavy atom. The molecule has 2 aliphatic rings. The summed E-state index contributed by atoms with van der Waals surface area (Å²) in [5.74, 6) is -0.160. The van der Waals surface area contributed by atoms with Crippen LogP contribution < -0.4 is 0 Å². The van der Waals surface area contributed by atoms with Crippen LogP contribution in [0.5, 0.6) is 0 Å². The number of carbonyl (C=O) groups excluding carboxylic acids is 3. The molecule has 0 saturated carbocycles. The zero-order valence-corrected chi connectivity index (χ0v) is 15.4. The zero-order chi connectivity index (χ0) is 18.2. The molecular weight excluding hydrogens is 308 g/mol. The van der Waals surface area contributed by atoms with Gasteiger partial charge in [-0.2, -0.15) is 0 Å². The molecular formula is C18H26N2O4. The number of piperazine rings is 1. The Hall–Kier alpha value is -2.11. The third kappa shape index (κ3) is 3.52. The number of ketones is 2. The minimum Gasteiger partial charge on any atom is -0.444 e. The molecule has 0 unspecified atom stereocenters. The molecule has 0 bridgehead atoms. The smallest absolute Gasteiger partial charge is 0.410 e. The van der Waals surface area contributed by atoms with Crippen LogP contribution in [0.1, 0.15) is 41.5 Å². The summed E-state index contributed by atoms with van der Waals surface area (Å²) < 4.78 is 5.38. The number of allylic oxidation sites excluding steroid dienone is 3. The molecule has 0 aromatic carbocycles. The van der Waals surface area contributed by atoms with Crippen LogP contribution in [0.3, 0.4) is 0 Å². The molecule has 1 aliphatic carbocycles. The molecule has 132 valence electrons. The molecule has 0 spiro atoms. The van der Waals surface area contributed by atoms with Gasteiger partial charge in [0.25, 0.3) is 0 Å². The van der Waals surface area contributed by atoms with E-state index in [1.807, 2.05) is 25.7 Å². The van der Waals surface area contributed by atoms with Crippen molar-refractivity contribution in [2.45, 2.75) is 47.1 Å². The van der Waals surface area contributed by atoms with E-state index in [0.29, 0.717) is 48.6 Å². The summed E-state index contributed by atoms with van der Waals surface area (Å²) in [6, 6.07) is 0. The van der Waals surface area contributed by atoms with Crippen molar-refractivity contribution in [3.05, 3.63) is 22.4 Å². The van der Waals surface area contributed by atoms with Crippen molar-refractivity contribution in [1.82, 2.24) is 9.80 Å². The van der Waals surface area contributed by atoms with Crippen LogP contribution in [0.15, 0.2) is 22.4 Å². The first-order chi connectivity index (χ1) is 11.0. The molecule has 6 nitrogen and oxygen atoms in total. The first-order valence-electron chi connectivity index (χ1n) is 8.23. The number of amides is 1. The summed E-state index contributed by atoms with van der Waals surface area (Å²) in [7, 11) is 0. The Morgan fingerprint density at radius 3 is 1.88 bits per heavy atom. The van der Waals surface area contributed by atoms with Gasteiger partial charge in [-0.05, 0) is 41.5 Å². The van der Waals surface area contributed by atoms with Crippen molar-refractivity contribution < 1.29 is 19.1 Å². The summed E-state index contributed by atoms with van der Waals surface area (Å²) in [5.41, 5.74) is 1.47. The van der Waals surface area contributed by atoms with Crippen molar-refractivity contribution in [1.29, 1.82) is 0 Å². The average Bonchev–Trinajstić information content (AvgIpc) is 2.50. The second-order valence-corrected chi connectivity index (χ2v) is 7.34. The van der Waals surface area contributed by atoms with Gasteiger partial charge in [0.2, 0.25) is 5.78 Å². The molecule has 1 aliphatic heterocycles. The first-order valence-corrected chi connectivity index (χ1v) is 8.23. The average molecular weight is 334 g/mol. The van der Waals surface area contributed by atoms with Gasteiger partial charge in [0, 0.05) is 42.9 Å². The van der Waals surface area contributed by atoms with Gasteiger partial charge in [0.1, 0.15) is 5.60 Å². The maximum Gasteiger partial charge on any atom is 0.410 e. The van der Waals surface area contributed by atoms with Gasteiger partial charge >= 0.3 is 6.09 Å². The first kappa shape index (κ1) is 18.2. The van der Waals surface area contributed by atoms with Crippen molar-refractivity contribution in [2.75, 3.05) is 26.2 Å². The van der Waals surface area contributed by atoms with Gasteiger partial charge in [0.05, 0.1) is 5.70 Å². The largest absolute Gasteiger partial charge is 0.444 e. The fraction of sp³-hybridized carbons (Fsp3) is 0.611. The Bertz CT molecular complexity index is 644. The highest BCUT2D eigenvalue weighted by Crippen LogP contribution is 2.27. The number of ether oxygens (including phenoxy) is 1. The van der Waals surface area contributed by atoms with Crippen molar-refractivity contribution in [3.8, 4) is 0 Å². The number of nitrogens with zero attached hydrogens (tertiary/aromatic N) is 2. The van der Waals surface area contributed by atoms with Crippen LogP contribution >= 0.6 is 0 Å². The van der Waals surface area contributed by atoms with Crippen LogP contribution in [-0.2, 0) is 14.3 Å². The molecule has 0 aromatic rings. The summed E-state index contributed by atoms with van der Waals surface area (Å²) in [5, 5.41) is 0. The Morgan fingerprint density at radius 2 is 1.38 bits per heavy atom. The van der Waals surface area contributed by atoms with Crippen LogP contribution in [0.4, 0.5) is 4.79 Å². The second kappa shape index (κ2) is 6.42. The topological polar surface area (TPSA) is 66.9 Å². The van der Waals surface area contributed by atoms with Crippen molar-refractivity contribution in [2.24, 2.45) is 0 Å². The van der Waals surface area contributed by atoms with Gasteiger partial charge in [-0.3, -0.25) is 9.59 Å². The summed E-state index contributed by atoms with van der Waals surface area (Å²) in [4.78, 5) is 40.5. The second-order valence-electron chi connectivity index (χ2n) is 7.34. The Labute approximate surface area is 143 Å². The SMILES string of the molecule is CC1=C(C)C(=O)C(N2CCN(C(=O)OC(C)(C)C)CC2)=C(C)C1=O. The van der Waals surface area contributed by atoms with Crippen LogP contribution in [0.25, 0.3) is 0 Å². The summed E-state index contributed by atoms with van der Waals surface area (Å²) >= 11 is 0. The maximum absolute atomic E-state index is 12.6. The zero-order valence-electron chi connectivity index (χ0n) is 15.4. The molecule has 0 radical (unpaired) electrons. The van der Waals surface area contributed by atoms with E-state index in [4.69, 9.17) is 4.74 Å². The highest BCUT2D eigenvalue weighted by molar-refractivity contribution is 6.24. The molecule has 2 rings (SSSR count). The molecule has 0 N–H and O–H groups in total. The van der Waals surface area contributed by atoms with Gasteiger partial charge in [-0.25, -0.2) is 4.79 Å². The molecule has 0 atom stereocenters. The standard InChI is InChI=1S/C18H26N2O4/c1-11-12(2)16(22)14(13(3)15(11)21)19-7-9-20(10-8-19)17(23)24-18(4,5)6/h7-10H2,1-6H3. The molecule has 1 heterocycles. The van der Waals surface area contributed by atoms with E-state index in [9.17, 15) is 14.4 Å². The number of hydrogen-bond donors (Lipinski definition) is 0. The minimum atomic E-state index is -0.529. The third-order valence-electron chi connectivity index (χ3n) is 4.40.